The second-order valence-corrected chi connectivity index (χ2v) is 3.45. The minimum atomic E-state index is 0.252. The van der Waals surface area contributed by atoms with Crippen LogP contribution in [0.3, 0.4) is 0 Å². The Hall–Kier alpha value is -2.18. The van der Waals surface area contributed by atoms with E-state index in [1.807, 2.05) is 14.0 Å². The molecule has 3 N–H and O–H groups in total. The Balaban J connectivity index is 2.07. The van der Waals surface area contributed by atoms with Crippen LogP contribution in [0.1, 0.15) is 11.4 Å². The molecule has 0 spiro atoms. The summed E-state index contributed by atoms with van der Waals surface area (Å²) >= 11 is 0. The Morgan fingerprint density at radius 3 is 2.94 bits per heavy atom. The summed E-state index contributed by atoms with van der Waals surface area (Å²) in [5.41, 5.74) is 6.44. The fraction of sp³-hybridized carbons (Fsp3) is 0.333. The van der Waals surface area contributed by atoms with Crippen molar-refractivity contribution < 1.29 is 0 Å². The summed E-state index contributed by atoms with van der Waals surface area (Å²) in [7, 11) is 1.82. The molecule has 16 heavy (non-hydrogen) atoms. The first kappa shape index (κ1) is 10.3. The molecule has 0 aliphatic heterocycles. The van der Waals surface area contributed by atoms with Crippen molar-refractivity contribution in [2.45, 2.75) is 13.5 Å². The van der Waals surface area contributed by atoms with Gasteiger partial charge in [0.05, 0.1) is 6.54 Å². The van der Waals surface area contributed by atoms with Gasteiger partial charge in [0.2, 0.25) is 5.95 Å². The van der Waals surface area contributed by atoms with Gasteiger partial charge in [-0.25, -0.2) is 9.97 Å². The molecule has 0 radical (unpaired) electrons. The van der Waals surface area contributed by atoms with E-state index in [0.717, 1.165) is 5.56 Å². The normalized spacial score (nSPS) is 10.4. The molecule has 2 aromatic rings. The highest BCUT2D eigenvalue weighted by Crippen LogP contribution is 2.11. The standard InChI is InChI=1S/C9H13N7/c1-6-3-12-9(10)14-8(6)11-4-7-13-5-16(2)15-7/h3,5H,4H2,1-2H3,(H3,10,11,12,14). The Kier molecular flexibility index (Phi) is 2.67. The van der Waals surface area contributed by atoms with Crippen LogP contribution in [-0.4, -0.2) is 24.7 Å². The van der Waals surface area contributed by atoms with Crippen molar-refractivity contribution in [2.75, 3.05) is 11.1 Å². The van der Waals surface area contributed by atoms with Crippen molar-refractivity contribution in [3.05, 3.63) is 23.9 Å². The molecule has 0 aliphatic rings. The van der Waals surface area contributed by atoms with Gasteiger partial charge in [-0.15, -0.1) is 0 Å². The lowest BCUT2D eigenvalue weighted by atomic mass is 10.3. The van der Waals surface area contributed by atoms with Gasteiger partial charge in [-0.1, -0.05) is 0 Å². The number of anilines is 2. The number of rotatable bonds is 3. The first-order chi connectivity index (χ1) is 7.65. The number of nitrogens with two attached hydrogens (primary N) is 1. The molecule has 0 bridgehead atoms. The van der Waals surface area contributed by atoms with Crippen LogP contribution in [0, 0.1) is 6.92 Å². The molecule has 7 nitrogen and oxygen atoms in total. The number of nitrogen functional groups attached to an aromatic ring is 1. The summed E-state index contributed by atoms with van der Waals surface area (Å²) in [4.78, 5) is 12.1. The Morgan fingerprint density at radius 1 is 1.44 bits per heavy atom. The summed E-state index contributed by atoms with van der Waals surface area (Å²) in [6.45, 7) is 2.42. The maximum atomic E-state index is 5.50. The van der Waals surface area contributed by atoms with Crippen LogP contribution in [0.15, 0.2) is 12.5 Å². The van der Waals surface area contributed by atoms with E-state index in [-0.39, 0.29) is 5.95 Å². The number of aryl methyl sites for hydroxylation is 2. The summed E-state index contributed by atoms with van der Waals surface area (Å²) in [6.07, 6.45) is 3.33. The number of aromatic nitrogens is 5. The molecular formula is C9H13N7. The molecule has 2 rings (SSSR count). The third-order valence-electron chi connectivity index (χ3n) is 2.05. The summed E-state index contributed by atoms with van der Waals surface area (Å²) in [5.74, 6) is 1.67. The minimum absolute atomic E-state index is 0.252. The molecule has 2 heterocycles. The summed E-state index contributed by atoms with van der Waals surface area (Å²) in [5, 5.41) is 7.26. The molecule has 84 valence electrons. The van der Waals surface area contributed by atoms with Crippen LogP contribution >= 0.6 is 0 Å². The first-order valence-electron chi connectivity index (χ1n) is 4.82. The van der Waals surface area contributed by atoms with E-state index >= 15 is 0 Å². The number of hydrogen-bond acceptors (Lipinski definition) is 6. The van der Waals surface area contributed by atoms with Crippen LogP contribution in [-0.2, 0) is 13.6 Å². The van der Waals surface area contributed by atoms with Crippen LogP contribution in [0.2, 0.25) is 0 Å². The van der Waals surface area contributed by atoms with Gasteiger partial charge in [-0.05, 0) is 6.92 Å². The molecular weight excluding hydrogens is 206 g/mol. The molecule has 0 amide bonds. The monoisotopic (exact) mass is 219 g/mol. The average molecular weight is 219 g/mol. The maximum Gasteiger partial charge on any atom is 0.221 e. The lowest BCUT2D eigenvalue weighted by molar-refractivity contribution is 0.747. The Morgan fingerprint density at radius 2 is 2.25 bits per heavy atom. The first-order valence-corrected chi connectivity index (χ1v) is 4.82. The lowest BCUT2D eigenvalue weighted by Crippen LogP contribution is -2.07. The molecule has 0 aromatic carbocycles. The van der Waals surface area contributed by atoms with Gasteiger partial charge in [0.25, 0.3) is 0 Å². The fourth-order valence-corrected chi connectivity index (χ4v) is 1.26. The molecule has 0 aliphatic carbocycles. The van der Waals surface area contributed by atoms with Gasteiger partial charge in [0, 0.05) is 18.8 Å². The largest absolute Gasteiger partial charge is 0.368 e. The van der Waals surface area contributed by atoms with Crippen molar-refractivity contribution in [3.8, 4) is 0 Å². The second-order valence-electron chi connectivity index (χ2n) is 3.45. The van der Waals surface area contributed by atoms with Gasteiger partial charge < -0.3 is 11.1 Å². The van der Waals surface area contributed by atoms with E-state index in [1.54, 1.807) is 17.2 Å². The van der Waals surface area contributed by atoms with Crippen LogP contribution in [0.5, 0.6) is 0 Å². The molecule has 2 aromatic heterocycles. The van der Waals surface area contributed by atoms with Gasteiger partial charge in [0.1, 0.15) is 12.1 Å². The summed E-state index contributed by atoms with van der Waals surface area (Å²) in [6, 6.07) is 0. The molecule has 0 fully saturated rings. The number of nitrogens with one attached hydrogen (secondary N) is 1. The predicted octanol–water partition coefficient (Wildman–Crippen LogP) is 0.108. The minimum Gasteiger partial charge on any atom is -0.368 e. The third-order valence-corrected chi connectivity index (χ3v) is 2.05. The predicted molar refractivity (Wildman–Crippen MR) is 59.5 cm³/mol. The van der Waals surface area contributed by atoms with Crippen LogP contribution < -0.4 is 11.1 Å². The average Bonchev–Trinajstić information content (AvgIpc) is 2.66. The Labute approximate surface area is 92.7 Å². The van der Waals surface area contributed by atoms with Crippen molar-refractivity contribution >= 4 is 11.8 Å². The molecule has 7 heteroatoms. The molecule has 0 unspecified atom stereocenters. The molecule has 0 saturated heterocycles. The SMILES string of the molecule is Cc1cnc(N)nc1NCc1ncn(C)n1. The van der Waals surface area contributed by atoms with Gasteiger partial charge in [0.15, 0.2) is 5.82 Å². The van der Waals surface area contributed by atoms with E-state index in [2.05, 4.69) is 25.4 Å². The van der Waals surface area contributed by atoms with E-state index in [9.17, 15) is 0 Å². The zero-order chi connectivity index (χ0) is 11.5. The second kappa shape index (κ2) is 4.13. The summed E-state index contributed by atoms with van der Waals surface area (Å²) < 4.78 is 1.65. The van der Waals surface area contributed by atoms with Gasteiger partial charge in [-0.3, -0.25) is 4.68 Å². The van der Waals surface area contributed by atoms with Crippen LogP contribution in [0.4, 0.5) is 11.8 Å². The van der Waals surface area contributed by atoms with Crippen LogP contribution in [0.25, 0.3) is 0 Å². The zero-order valence-electron chi connectivity index (χ0n) is 9.18. The molecule has 0 saturated carbocycles. The number of hydrogen-bond donors (Lipinski definition) is 2. The highest BCUT2D eigenvalue weighted by atomic mass is 15.3. The van der Waals surface area contributed by atoms with E-state index in [0.29, 0.717) is 18.2 Å². The molecule has 0 atom stereocenters. The van der Waals surface area contributed by atoms with Gasteiger partial charge >= 0.3 is 0 Å². The number of nitrogens with zero attached hydrogens (tertiary/aromatic N) is 5. The highest BCUT2D eigenvalue weighted by Gasteiger charge is 2.03. The smallest absolute Gasteiger partial charge is 0.221 e. The van der Waals surface area contributed by atoms with E-state index in [4.69, 9.17) is 5.73 Å². The quantitative estimate of drug-likeness (QED) is 0.760. The van der Waals surface area contributed by atoms with E-state index in [1.165, 1.54) is 0 Å². The maximum absolute atomic E-state index is 5.50. The van der Waals surface area contributed by atoms with Crippen molar-refractivity contribution in [2.24, 2.45) is 7.05 Å². The topological polar surface area (TPSA) is 94.5 Å². The zero-order valence-corrected chi connectivity index (χ0v) is 9.18. The highest BCUT2D eigenvalue weighted by molar-refractivity contribution is 5.44. The van der Waals surface area contributed by atoms with E-state index < -0.39 is 0 Å². The van der Waals surface area contributed by atoms with Crippen molar-refractivity contribution in [3.63, 3.8) is 0 Å². The van der Waals surface area contributed by atoms with Crippen molar-refractivity contribution in [1.29, 1.82) is 0 Å². The van der Waals surface area contributed by atoms with Crippen molar-refractivity contribution in [1.82, 2.24) is 24.7 Å². The van der Waals surface area contributed by atoms with Gasteiger partial charge in [-0.2, -0.15) is 10.1 Å². The lowest BCUT2D eigenvalue weighted by Gasteiger charge is -2.06. The third kappa shape index (κ3) is 2.25. The fourth-order valence-electron chi connectivity index (χ4n) is 1.26. The Bertz CT molecular complexity index is 490.